The van der Waals surface area contributed by atoms with Crippen LogP contribution in [-0.2, 0) is 7.05 Å². The average Bonchev–Trinajstić information content (AvgIpc) is 3.00. The summed E-state index contributed by atoms with van der Waals surface area (Å²) in [5.41, 5.74) is 4.82. The van der Waals surface area contributed by atoms with Crippen molar-refractivity contribution in [3.8, 4) is 11.3 Å². The monoisotopic (exact) mass is 337 g/mol. The van der Waals surface area contributed by atoms with Crippen molar-refractivity contribution in [3.05, 3.63) is 102 Å². The van der Waals surface area contributed by atoms with E-state index in [1.54, 1.807) is 6.08 Å². The maximum Gasteiger partial charge on any atom is 0.188 e. The topological polar surface area (TPSA) is 22.0 Å². The average molecular weight is 337 g/mol. The van der Waals surface area contributed by atoms with E-state index in [9.17, 15) is 4.79 Å². The van der Waals surface area contributed by atoms with Gasteiger partial charge in [-0.05, 0) is 23.3 Å². The molecule has 0 spiro atoms. The molecular formula is C24H19NO. The van der Waals surface area contributed by atoms with Crippen LogP contribution in [0.1, 0.15) is 15.9 Å². The largest absolute Gasteiger partial charge is 0.343 e. The number of hydrogen-bond donors (Lipinski definition) is 0. The second-order valence-electron chi connectivity index (χ2n) is 6.27. The van der Waals surface area contributed by atoms with E-state index in [-0.39, 0.29) is 5.78 Å². The summed E-state index contributed by atoms with van der Waals surface area (Å²) in [4.78, 5) is 13.1. The van der Waals surface area contributed by atoms with Crippen molar-refractivity contribution in [2.24, 2.45) is 7.05 Å². The molecule has 2 heteroatoms. The first kappa shape index (κ1) is 16.1. The van der Waals surface area contributed by atoms with Gasteiger partial charge in [0.25, 0.3) is 0 Å². The van der Waals surface area contributed by atoms with Crippen LogP contribution < -0.4 is 0 Å². The van der Waals surface area contributed by atoms with Gasteiger partial charge >= 0.3 is 0 Å². The van der Waals surface area contributed by atoms with Crippen LogP contribution in [0.5, 0.6) is 0 Å². The van der Waals surface area contributed by atoms with Crippen molar-refractivity contribution >= 4 is 22.8 Å². The lowest BCUT2D eigenvalue weighted by Gasteiger charge is -2.06. The number of allylic oxidation sites excluding steroid dienone is 1. The fourth-order valence-electron chi connectivity index (χ4n) is 3.40. The Hall–Kier alpha value is -3.39. The number of benzene rings is 3. The van der Waals surface area contributed by atoms with E-state index in [2.05, 4.69) is 10.6 Å². The highest BCUT2D eigenvalue weighted by atomic mass is 16.1. The first-order chi connectivity index (χ1) is 12.8. The molecule has 0 saturated heterocycles. The SMILES string of the molecule is Cn1c(-c2ccccc2)c(C(=O)C=Cc2ccccc2)c2ccccc21. The van der Waals surface area contributed by atoms with Crippen molar-refractivity contribution in [3.63, 3.8) is 0 Å². The Labute approximate surface area is 153 Å². The van der Waals surface area contributed by atoms with Gasteiger partial charge in [-0.3, -0.25) is 4.79 Å². The van der Waals surface area contributed by atoms with Gasteiger partial charge < -0.3 is 4.57 Å². The molecule has 0 aliphatic carbocycles. The summed E-state index contributed by atoms with van der Waals surface area (Å²) >= 11 is 0. The quantitative estimate of drug-likeness (QED) is 0.344. The number of fused-ring (bicyclic) bond motifs is 1. The van der Waals surface area contributed by atoms with Crippen LogP contribution in [0, 0.1) is 0 Å². The normalized spacial score (nSPS) is 11.3. The number of carbonyl (C=O) groups is 1. The van der Waals surface area contributed by atoms with Crippen LogP contribution in [0.3, 0.4) is 0 Å². The smallest absolute Gasteiger partial charge is 0.188 e. The lowest BCUT2D eigenvalue weighted by molar-refractivity contribution is 0.104. The van der Waals surface area contributed by atoms with E-state index < -0.39 is 0 Å². The van der Waals surface area contributed by atoms with E-state index in [4.69, 9.17) is 0 Å². The van der Waals surface area contributed by atoms with Crippen molar-refractivity contribution in [2.75, 3.05) is 0 Å². The zero-order valence-corrected chi connectivity index (χ0v) is 14.6. The number of rotatable bonds is 4. The van der Waals surface area contributed by atoms with Crippen LogP contribution in [0.25, 0.3) is 28.2 Å². The summed E-state index contributed by atoms with van der Waals surface area (Å²) in [5.74, 6) is 0.0181. The van der Waals surface area contributed by atoms with E-state index in [0.29, 0.717) is 0 Å². The Morgan fingerprint density at radius 2 is 1.42 bits per heavy atom. The fraction of sp³-hybridized carbons (Fsp3) is 0.0417. The maximum atomic E-state index is 13.1. The van der Waals surface area contributed by atoms with Gasteiger partial charge in [0.2, 0.25) is 0 Å². The van der Waals surface area contributed by atoms with E-state index in [0.717, 1.165) is 33.3 Å². The zero-order chi connectivity index (χ0) is 17.9. The van der Waals surface area contributed by atoms with E-state index >= 15 is 0 Å². The molecule has 2 nitrogen and oxygen atoms in total. The molecule has 0 aliphatic rings. The summed E-state index contributed by atoms with van der Waals surface area (Å²) in [6.45, 7) is 0. The number of hydrogen-bond acceptors (Lipinski definition) is 1. The van der Waals surface area contributed by atoms with Crippen molar-refractivity contribution in [1.82, 2.24) is 4.57 Å². The Morgan fingerprint density at radius 1 is 0.808 bits per heavy atom. The van der Waals surface area contributed by atoms with Crippen LogP contribution in [0.2, 0.25) is 0 Å². The molecule has 0 radical (unpaired) electrons. The second-order valence-corrected chi connectivity index (χ2v) is 6.27. The summed E-state index contributed by atoms with van der Waals surface area (Å²) < 4.78 is 2.11. The Bertz CT molecular complexity index is 1090. The molecule has 0 saturated carbocycles. The third-order valence-electron chi connectivity index (χ3n) is 4.63. The van der Waals surface area contributed by atoms with Gasteiger partial charge in [0.05, 0.1) is 11.3 Å². The van der Waals surface area contributed by atoms with Gasteiger partial charge in [0.15, 0.2) is 5.78 Å². The molecule has 3 aromatic carbocycles. The molecule has 4 rings (SSSR count). The predicted molar refractivity (Wildman–Crippen MR) is 108 cm³/mol. The lowest BCUT2D eigenvalue weighted by Crippen LogP contribution is -1.99. The minimum atomic E-state index is 0.0181. The molecule has 0 atom stereocenters. The molecular weight excluding hydrogens is 318 g/mol. The number of para-hydroxylation sites is 1. The summed E-state index contributed by atoms with van der Waals surface area (Å²) in [7, 11) is 2.02. The highest BCUT2D eigenvalue weighted by Crippen LogP contribution is 2.33. The van der Waals surface area contributed by atoms with Crippen LogP contribution in [0.15, 0.2) is 91.0 Å². The number of nitrogens with zero attached hydrogens (tertiary/aromatic N) is 1. The minimum Gasteiger partial charge on any atom is -0.343 e. The molecule has 0 bridgehead atoms. The summed E-state index contributed by atoms with van der Waals surface area (Å²) in [5, 5.41) is 0.983. The molecule has 0 unspecified atom stereocenters. The van der Waals surface area contributed by atoms with Crippen LogP contribution in [0.4, 0.5) is 0 Å². The lowest BCUT2D eigenvalue weighted by atomic mass is 10.0. The molecule has 126 valence electrons. The number of aromatic nitrogens is 1. The molecule has 26 heavy (non-hydrogen) atoms. The van der Waals surface area contributed by atoms with Gasteiger partial charge in [-0.25, -0.2) is 0 Å². The number of aryl methyl sites for hydroxylation is 1. The zero-order valence-electron chi connectivity index (χ0n) is 14.6. The van der Waals surface area contributed by atoms with Crippen LogP contribution in [-0.4, -0.2) is 10.4 Å². The minimum absolute atomic E-state index is 0.0181. The van der Waals surface area contributed by atoms with Gasteiger partial charge in [0.1, 0.15) is 0 Å². The third kappa shape index (κ3) is 2.86. The Kier molecular flexibility index (Phi) is 4.24. The van der Waals surface area contributed by atoms with E-state index in [1.807, 2.05) is 92.0 Å². The van der Waals surface area contributed by atoms with Crippen LogP contribution >= 0.6 is 0 Å². The maximum absolute atomic E-state index is 13.1. The highest BCUT2D eigenvalue weighted by molar-refractivity contribution is 6.19. The molecule has 4 aromatic rings. The standard InChI is InChI=1S/C24H19NO/c1-25-21-15-9-8-14-20(21)23(24(25)19-12-6-3-7-13-19)22(26)17-16-18-10-4-2-5-11-18/h2-17H,1H3. The molecule has 0 N–H and O–H groups in total. The first-order valence-electron chi connectivity index (χ1n) is 8.66. The first-order valence-corrected chi connectivity index (χ1v) is 8.66. The van der Waals surface area contributed by atoms with Crippen molar-refractivity contribution in [1.29, 1.82) is 0 Å². The highest BCUT2D eigenvalue weighted by Gasteiger charge is 2.20. The molecule has 0 amide bonds. The summed E-state index contributed by atoms with van der Waals surface area (Å²) in [6, 6.07) is 28.0. The summed E-state index contributed by atoms with van der Waals surface area (Å²) in [6.07, 6.45) is 3.54. The second kappa shape index (κ2) is 6.85. The number of carbonyl (C=O) groups excluding carboxylic acids is 1. The molecule has 1 aromatic heterocycles. The van der Waals surface area contributed by atoms with Gasteiger partial charge in [-0.2, -0.15) is 0 Å². The number of ketones is 1. The van der Waals surface area contributed by atoms with Gasteiger partial charge in [-0.15, -0.1) is 0 Å². The van der Waals surface area contributed by atoms with E-state index in [1.165, 1.54) is 0 Å². The van der Waals surface area contributed by atoms with Gasteiger partial charge in [-0.1, -0.05) is 84.9 Å². The van der Waals surface area contributed by atoms with Gasteiger partial charge in [0, 0.05) is 18.0 Å². The third-order valence-corrected chi connectivity index (χ3v) is 4.63. The van der Waals surface area contributed by atoms with Crippen molar-refractivity contribution in [2.45, 2.75) is 0 Å². The molecule has 0 aliphatic heterocycles. The predicted octanol–water partition coefficient (Wildman–Crippen LogP) is 5.74. The fourth-order valence-corrected chi connectivity index (χ4v) is 3.40. The molecule has 1 heterocycles. The Morgan fingerprint density at radius 3 is 2.15 bits per heavy atom. The van der Waals surface area contributed by atoms with Crippen molar-refractivity contribution < 1.29 is 4.79 Å². The Balaban J connectivity index is 1.88. The molecule has 0 fully saturated rings.